The van der Waals surface area contributed by atoms with Gasteiger partial charge in [0, 0.05) is 0 Å². The quantitative estimate of drug-likeness (QED) is 0.120. The molecule has 2 nitrogen and oxygen atoms in total. The van der Waals surface area contributed by atoms with E-state index < -0.39 is 12.7 Å². The highest BCUT2D eigenvalue weighted by molar-refractivity contribution is 6.62. The van der Waals surface area contributed by atoms with Crippen LogP contribution in [-0.2, 0) is 9.31 Å². The molecule has 6 aromatic carbocycles. The molecular formula is C40H33BO2. The molecule has 6 aromatic rings. The lowest BCUT2D eigenvalue weighted by atomic mass is 9.76. The van der Waals surface area contributed by atoms with Gasteiger partial charge in [-0.1, -0.05) is 128 Å². The van der Waals surface area contributed by atoms with E-state index in [-0.39, 0.29) is 0 Å². The average Bonchev–Trinajstić information content (AvgIpc) is 3.31. The topological polar surface area (TPSA) is 18.5 Å². The van der Waals surface area contributed by atoms with Gasteiger partial charge in [-0.05, 0) is 98.5 Å². The van der Waals surface area contributed by atoms with Crippen LogP contribution >= 0.6 is 0 Å². The lowest BCUT2D eigenvalue weighted by Crippen LogP contribution is -2.34. The monoisotopic (exact) mass is 556 g/mol. The Morgan fingerprint density at radius 3 is 2.09 bits per heavy atom. The number of hydrogen-bond acceptors (Lipinski definition) is 2. The summed E-state index contributed by atoms with van der Waals surface area (Å²) < 4.78 is 12.5. The molecule has 208 valence electrons. The third kappa shape index (κ3) is 4.86. The average molecular weight is 557 g/mol. The van der Waals surface area contributed by atoms with Crippen molar-refractivity contribution in [2.45, 2.75) is 26.4 Å². The Morgan fingerprint density at radius 2 is 1.35 bits per heavy atom. The summed E-state index contributed by atoms with van der Waals surface area (Å²) in [5.74, 6) is 0.647. The maximum absolute atomic E-state index is 6.33. The van der Waals surface area contributed by atoms with E-state index >= 15 is 0 Å². The Morgan fingerprint density at radius 1 is 0.651 bits per heavy atom. The molecule has 0 aromatic heterocycles. The van der Waals surface area contributed by atoms with E-state index in [9.17, 15) is 0 Å². The van der Waals surface area contributed by atoms with Crippen molar-refractivity contribution in [2.75, 3.05) is 0 Å². The van der Waals surface area contributed by atoms with Crippen LogP contribution in [0.3, 0.4) is 0 Å². The van der Waals surface area contributed by atoms with Gasteiger partial charge in [-0.3, -0.25) is 0 Å². The van der Waals surface area contributed by atoms with Crippen LogP contribution in [0.15, 0.2) is 140 Å². The Labute approximate surface area is 253 Å². The molecule has 0 unspecified atom stereocenters. The molecular weight excluding hydrogens is 523 g/mol. The summed E-state index contributed by atoms with van der Waals surface area (Å²) in [4.78, 5) is 0. The minimum atomic E-state index is -0.546. The molecule has 0 bridgehead atoms. The molecule has 0 spiro atoms. The van der Waals surface area contributed by atoms with Gasteiger partial charge in [0.1, 0.15) is 5.60 Å². The summed E-state index contributed by atoms with van der Waals surface area (Å²) in [6, 6.07) is 39.5. The van der Waals surface area contributed by atoms with Crippen LogP contribution in [0.5, 0.6) is 0 Å². The molecule has 1 aliphatic rings. The van der Waals surface area contributed by atoms with Crippen LogP contribution in [0.1, 0.15) is 26.3 Å². The fourth-order valence-electron chi connectivity index (χ4n) is 6.15. The van der Waals surface area contributed by atoms with Crippen molar-refractivity contribution in [3.63, 3.8) is 0 Å². The predicted octanol–water partition coefficient (Wildman–Crippen LogP) is 10.1. The van der Waals surface area contributed by atoms with Crippen LogP contribution in [-0.4, -0.2) is 12.7 Å². The summed E-state index contributed by atoms with van der Waals surface area (Å²) in [7, 11) is -0.509. The fraction of sp³-hybridized carbons (Fsp3) is 0.100. The molecule has 0 atom stereocenters. The van der Waals surface area contributed by atoms with Crippen molar-refractivity contribution in [1.82, 2.24) is 0 Å². The Hall–Kier alpha value is -4.86. The molecule has 0 amide bonds. The lowest BCUT2D eigenvalue weighted by molar-refractivity contribution is 0.173. The molecule has 43 heavy (non-hydrogen) atoms. The molecule has 1 aliphatic heterocycles. The van der Waals surface area contributed by atoms with Gasteiger partial charge in [0.25, 0.3) is 0 Å². The molecule has 0 saturated carbocycles. The maximum Gasteiger partial charge on any atom is 0.563 e. The summed E-state index contributed by atoms with van der Waals surface area (Å²) in [6.45, 7) is 10.1. The third-order valence-electron chi connectivity index (χ3n) is 8.45. The molecule has 3 heteroatoms. The normalized spacial score (nSPS) is 15.0. The highest BCUT2D eigenvalue weighted by Gasteiger charge is 2.43. The second kappa shape index (κ2) is 10.8. The summed E-state index contributed by atoms with van der Waals surface area (Å²) >= 11 is 0. The van der Waals surface area contributed by atoms with E-state index in [4.69, 9.17) is 9.31 Å². The number of rotatable bonds is 5. The lowest BCUT2D eigenvalue weighted by Gasteiger charge is -2.19. The van der Waals surface area contributed by atoms with Crippen molar-refractivity contribution in [1.29, 1.82) is 0 Å². The van der Waals surface area contributed by atoms with Crippen molar-refractivity contribution in [3.05, 3.63) is 145 Å². The van der Waals surface area contributed by atoms with Crippen LogP contribution in [0.4, 0.5) is 0 Å². The number of fused-ring (bicyclic) bond motifs is 3. The maximum atomic E-state index is 6.33. The van der Waals surface area contributed by atoms with E-state index in [1.165, 1.54) is 49.2 Å². The van der Waals surface area contributed by atoms with Gasteiger partial charge in [-0.15, -0.1) is 0 Å². The first-order chi connectivity index (χ1) is 20.9. The van der Waals surface area contributed by atoms with Crippen molar-refractivity contribution in [2.24, 2.45) is 0 Å². The Bertz CT molecular complexity index is 2100. The third-order valence-corrected chi connectivity index (χ3v) is 8.45. The molecule has 0 N–H and O–H groups in total. The second-order valence-electron chi connectivity index (χ2n) is 11.7. The van der Waals surface area contributed by atoms with Crippen LogP contribution in [0, 0.1) is 0 Å². The molecule has 1 saturated heterocycles. The first kappa shape index (κ1) is 27.0. The largest absolute Gasteiger partial charge is 0.563 e. The van der Waals surface area contributed by atoms with E-state index in [0.29, 0.717) is 5.76 Å². The minimum absolute atomic E-state index is 0.509. The highest BCUT2D eigenvalue weighted by atomic mass is 16.7. The zero-order chi connectivity index (χ0) is 29.6. The van der Waals surface area contributed by atoms with Crippen molar-refractivity contribution < 1.29 is 9.31 Å². The first-order valence-electron chi connectivity index (χ1n) is 14.8. The van der Waals surface area contributed by atoms with Gasteiger partial charge < -0.3 is 9.31 Å². The van der Waals surface area contributed by atoms with Gasteiger partial charge in [0.2, 0.25) is 0 Å². The Kier molecular flexibility index (Phi) is 6.76. The summed E-state index contributed by atoms with van der Waals surface area (Å²) in [5, 5.41) is 7.26. The van der Waals surface area contributed by atoms with Crippen molar-refractivity contribution in [3.8, 4) is 22.3 Å². The zero-order valence-electron chi connectivity index (χ0n) is 24.8. The van der Waals surface area contributed by atoms with E-state index in [0.717, 1.165) is 16.4 Å². The van der Waals surface area contributed by atoms with Gasteiger partial charge in [-0.2, -0.15) is 0 Å². The number of allylic oxidation sites excluding steroid dienone is 3. The van der Waals surface area contributed by atoms with E-state index in [1.54, 1.807) is 0 Å². The Balaban J connectivity index is 1.54. The zero-order valence-corrected chi connectivity index (χ0v) is 24.8. The van der Waals surface area contributed by atoms with Crippen LogP contribution < -0.4 is 5.46 Å². The van der Waals surface area contributed by atoms with Gasteiger partial charge in [0.15, 0.2) is 0 Å². The minimum Gasteiger partial charge on any atom is -0.534 e. The smallest absolute Gasteiger partial charge is 0.534 e. The SMILES string of the molecule is C=C1OB(c2ccc3c(-c4ccc5ccccc5c4)c4ccccc4c(-c4cccc(/C=C\C=C/C)c4)c3c2)OC1(C)C. The van der Waals surface area contributed by atoms with Crippen molar-refractivity contribution >= 4 is 51.0 Å². The second-order valence-corrected chi connectivity index (χ2v) is 11.7. The number of benzene rings is 6. The molecule has 1 fully saturated rings. The molecule has 0 aliphatic carbocycles. The number of hydrogen-bond donors (Lipinski definition) is 0. The summed E-state index contributed by atoms with van der Waals surface area (Å²) in [6.07, 6.45) is 8.33. The van der Waals surface area contributed by atoms with Gasteiger partial charge in [-0.25, -0.2) is 0 Å². The van der Waals surface area contributed by atoms with E-state index in [1.807, 2.05) is 26.8 Å². The predicted molar refractivity (Wildman–Crippen MR) is 184 cm³/mol. The highest BCUT2D eigenvalue weighted by Crippen LogP contribution is 2.44. The van der Waals surface area contributed by atoms with Crippen LogP contribution in [0.25, 0.3) is 60.6 Å². The molecule has 1 heterocycles. The first-order valence-corrected chi connectivity index (χ1v) is 14.8. The molecule has 0 radical (unpaired) electrons. The fourth-order valence-corrected chi connectivity index (χ4v) is 6.15. The van der Waals surface area contributed by atoms with E-state index in [2.05, 4.69) is 134 Å². The van der Waals surface area contributed by atoms with Crippen LogP contribution in [0.2, 0.25) is 0 Å². The van der Waals surface area contributed by atoms with Gasteiger partial charge in [0.05, 0.1) is 5.76 Å². The standard InChI is InChI=1S/C40H33BO2/c1-5-6-7-13-28-14-12-17-31(24-28)39-35-19-11-10-18-34(35)38(32-21-20-29-15-8-9-16-30(29)25-32)36-23-22-33(26-37(36)39)41-42-27(2)40(3,4)43-41/h5-26H,2H2,1,3-4H3/b6-5-,13-7-. The summed E-state index contributed by atoms with van der Waals surface area (Å²) in [5.41, 5.74) is 6.39. The van der Waals surface area contributed by atoms with Gasteiger partial charge >= 0.3 is 7.12 Å². The molecule has 7 rings (SSSR count).